The topological polar surface area (TPSA) is 46.2 Å². The van der Waals surface area contributed by atoms with E-state index in [1.807, 2.05) is 25.3 Å². The highest BCUT2D eigenvalue weighted by molar-refractivity contribution is 5.42. The second-order valence-corrected chi connectivity index (χ2v) is 4.35. The molecule has 1 aromatic rings. The molecule has 1 fully saturated rings. The molecular formula is C13H21N3O. The molecule has 0 radical (unpaired) electrons. The first-order valence-corrected chi connectivity index (χ1v) is 6.44. The Hall–Kier alpha value is -1.29. The van der Waals surface area contributed by atoms with Crippen LogP contribution in [-0.2, 0) is 0 Å². The molecule has 1 atom stereocenters. The van der Waals surface area contributed by atoms with E-state index in [0.29, 0.717) is 18.5 Å². The van der Waals surface area contributed by atoms with Crippen LogP contribution in [0.25, 0.3) is 0 Å². The lowest BCUT2D eigenvalue weighted by Crippen LogP contribution is -2.39. The Morgan fingerprint density at radius 1 is 1.47 bits per heavy atom. The number of hydrogen-bond donors (Lipinski definition) is 2. The zero-order chi connectivity index (χ0) is 11.9. The van der Waals surface area contributed by atoms with Crippen molar-refractivity contribution in [3.63, 3.8) is 0 Å². The molecule has 2 rings (SSSR count). The standard InChI is InChI=1S/C13H21N3O/c1-2-17-13-7-6-12(10-16-13)15-9-11-5-3-4-8-14-11/h6-7,10-11,14-15H,2-5,8-9H2,1H3. The molecule has 1 aromatic heterocycles. The van der Waals surface area contributed by atoms with Gasteiger partial charge in [-0.05, 0) is 32.4 Å². The first-order chi connectivity index (χ1) is 8.38. The first-order valence-electron chi connectivity index (χ1n) is 6.44. The molecule has 1 aliphatic heterocycles. The molecular weight excluding hydrogens is 214 g/mol. The molecule has 0 amide bonds. The number of hydrogen-bond acceptors (Lipinski definition) is 4. The molecule has 0 aromatic carbocycles. The van der Waals surface area contributed by atoms with E-state index in [1.54, 1.807) is 0 Å². The minimum atomic E-state index is 0.593. The smallest absolute Gasteiger partial charge is 0.213 e. The van der Waals surface area contributed by atoms with E-state index in [-0.39, 0.29) is 0 Å². The predicted molar refractivity (Wildman–Crippen MR) is 69.5 cm³/mol. The van der Waals surface area contributed by atoms with Crippen molar-refractivity contribution in [2.24, 2.45) is 0 Å². The van der Waals surface area contributed by atoms with Crippen LogP contribution in [0.1, 0.15) is 26.2 Å². The zero-order valence-corrected chi connectivity index (χ0v) is 10.4. The fourth-order valence-corrected chi connectivity index (χ4v) is 2.06. The predicted octanol–water partition coefficient (Wildman–Crippen LogP) is 2.03. The van der Waals surface area contributed by atoms with Gasteiger partial charge in [0, 0.05) is 18.7 Å². The van der Waals surface area contributed by atoms with E-state index in [4.69, 9.17) is 4.74 Å². The number of pyridine rings is 1. The fraction of sp³-hybridized carbons (Fsp3) is 0.615. The summed E-state index contributed by atoms with van der Waals surface area (Å²) in [5, 5.41) is 6.92. The third kappa shape index (κ3) is 3.89. The Balaban J connectivity index is 1.77. The average Bonchev–Trinajstić information content (AvgIpc) is 2.40. The summed E-state index contributed by atoms with van der Waals surface area (Å²) in [5.74, 6) is 0.689. The fourth-order valence-electron chi connectivity index (χ4n) is 2.06. The maximum Gasteiger partial charge on any atom is 0.213 e. The van der Waals surface area contributed by atoms with Crippen LogP contribution in [0, 0.1) is 0 Å². The molecule has 2 N–H and O–H groups in total. The van der Waals surface area contributed by atoms with Gasteiger partial charge in [-0.1, -0.05) is 6.42 Å². The van der Waals surface area contributed by atoms with Gasteiger partial charge in [0.15, 0.2) is 0 Å². The molecule has 0 bridgehead atoms. The van der Waals surface area contributed by atoms with Gasteiger partial charge in [0.1, 0.15) is 0 Å². The summed E-state index contributed by atoms with van der Waals surface area (Å²) in [7, 11) is 0. The van der Waals surface area contributed by atoms with Gasteiger partial charge in [-0.25, -0.2) is 4.98 Å². The Labute approximate surface area is 103 Å². The minimum absolute atomic E-state index is 0.593. The highest BCUT2D eigenvalue weighted by atomic mass is 16.5. The van der Waals surface area contributed by atoms with Crippen LogP contribution in [0.3, 0.4) is 0 Å². The summed E-state index contributed by atoms with van der Waals surface area (Å²) in [6.45, 7) is 4.73. The average molecular weight is 235 g/mol. The summed E-state index contributed by atoms with van der Waals surface area (Å²) in [6, 6.07) is 4.51. The largest absolute Gasteiger partial charge is 0.478 e. The van der Waals surface area contributed by atoms with E-state index in [1.165, 1.54) is 19.3 Å². The normalized spacial score (nSPS) is 19.9. The third-order valence-corrected chi connectivity index (χ3v) is 2.99. The van der Waals surface area contributed by atoms with E-state index < -0.39 is 0 Å². The Morgan fingerprint density at radius 2 is 2.41 bits per heavy atom. The molecule has 1 unspecified atom stereocenters. The molecule has 2 heterocycles. The van der Waals surface area contributed by atoms with Crippen molar-refractivity contribution >= 4 is 5.69 Å². The van der Waals surface area contributed by atoms with E-state index in [0.717, 1.165) is 18.8 Å². The van der Waals surface area contributed by atoms with Crippen LogP contribution >= 0.6 is 0 Å². The summed E-state index contributed by atoms with van der Waals surface area (Å²) >= 11 is 0. The highest BCUT2D eigenvalue weighted by Gasteiger charge is 2.11. The van der Waals surface area contributed by atoms with Crippen molar-refractivity contribution in [1.29, 1.82) is 0 Å². The van der Waals surface area contributed by atoms with Gasteiger partial charge in [0.05, 0.1) is 18.5 Å². The molecule has 4 nitrogen and oxygen atoms in total. The summed E-state index contributed by atoms with van der Waals surface area (Å²) in [6.07, 6.45) is 5.73. The number of piperidine rings is 1. The number of ether oxygens (including phenoxy) is 1. The number of rotatable bonds is 5. The SMILES string of the molecule is CCOc1ccc(NCC2CCCCN2)cn1. The molecule has 0 saturated carbocycles. The van der Waals surface area contributed by atoms with Gasteiger partial charge in [-0.15, -0.1) is 0 Å². The monoisotopic (exact) mass is 235 g/mol. The van der Waals surface area contributed by atoms with Gasteiger partial charge >= 0.3 is 0 Å². The van der Waals surface area contributed by atoms with Crippen LogP contribution in [0.15, 0.2) is 18.3 Å². The lowest BCUT2D eigenvalue weighted by molar-refractivity contribution is 0.327. The molecule has 0 spiro atoms. The van der Waals surface area contributed by atoms with Crippen LogP contribution in [-0.4, -0.2) is 30.7 Å². The van der Waals surface area contributed by atoms with Gasteiger partial charge in [-0.3, -0.25) is 0 Å². The number of anilines is 1. The van der Waals surface area contributed by atoms with E-state index in [2.05, 4.69) is 15.6 Å². The van der Waals surface area contributed by atoms with Crippen molar-refractivity contribution in [1.82, 2.24) is 10.3 Å². The molecule has 94 valence electrons. The van der Waals surface area contributed by atoms with Gasteiger partial charge in [0.2, 0.25) is 5.88 Å². The summed E-state index contributed by atoms with van der Waals surface area (Å²) in [4.78, 5) is 4.23. The molecule has 1 saturated heterocycles. The Kier molecular flexibility index (Phi) is 4.62. The maximum absolute atomic E-state index is 5.30. The summed E-state index contributed by atoms with van der Waals surface area (Å²) in [5.41, 5.74) is 1.06. The zero-order valence-electron chi connectivity index (χ0n) is 10.4. The lowest BCUT2D eigenvalue weighted by Gasteiger charge is -2.24. The summed E-state index contributed by atoms with van der Waals surface area (Å²) < 4.78 is 5.30. The highest BCUT2D eigenvalue weighted by Crippen LogP contribution is 2.13. The first kappa shape index (κ1) is 12.2. The van der Waals surface area contributed by atoms with Crippen molar-refractivity contribution in [3.05, 3.63) is 18.3 Å². The number of nitrogens with one attached hydrogen (secondary N) is 2. The van der Waals surface area contributed by atoms with Gasteiger partial charge < -0.3 is 15.4 Å². The van der Waals surface area contributed by atoms with Crippen molar-refractivity contribution in [2.75, 3.05) is 25.0 Å². The second kappa shape index (κ2) is 6.45. The van der Waals surface area contributed by atoms with Crippen LogP contribution in [0.2, 0.25) is 0 Å². The minimum Gasteiger partial charge on any atom is -0.478 e. The van der Waals surface area contributed by atoms with Crippen molar-refractivity contribution < 1.29 is 4.74 Å². The molecule has 1 aliphatic rings. The Morgan fingerprint density at radius 3 is 3.06 bits per heavy atom. The third-order valence-electron chi connectivity index (χ3n) is 2.99. The quantitative estimate of drug-likeness (QED) is 0.820. The second-order valence-electron chi connectivity index (χ2n) is 4.35. The van der Waals surface area contributed by atoms with Crippen molar-refractivity contribution in [2.45, 2.75) is 32.2 Å². The molecule has 17 heavy (non-hydrogen) atoms. The number of aromatic nitrogens is 1. The molecule has 4 heteroatoms. The number of nitrogens with zero attached hydrogens (tertiary/aromatic N) is 1. The van der Waals surface area contributed by atoms with Crippen LogP contribution < -0.4 is 15.4 Å². The van der Waals surface area contributed by atoms with Crippen molar-refractivity contribution in [3.8, 4) is 5.88 Å². The van der Waals surface area contributed by atoms with Crippen LogP contribution in [0.4, 0.5) is 5.69 Å². The molecule has 0 aliphatic carbocycles. The lowest BCUT2D eigenvalue weighted by atomic mass is 10.1. The van der Waals surface area contributed by atoms with E-state index >= 15 is 0 Å². The van der Waals surface area contributed by atoms with Crippen LogP contribution in [0.5, 0.6) is 5.88 Å². The van der Waals surface area contributed by atoms with E-state index in [9.17, 15) is 0 Å². The van der Waals surface area contributed by atoms with Gasteiger partial charge in [0.25, 0.3) is 0 Å². The Bertz CT molecular complexity index is 320. The maximum atomic E-state index is 5.30. The van der Waals surface area contributed by atoms with Gasteiger partial charge in [-0.2, -0.15) is 0 Å².